The summed E-state index contributed by atoms with van der Waals surface area (Å²) in [6, 6.07) is -2.61. The molecule has 0 aromatic carbocycles. The molecule has 0 aromatic rings. The molecule has 0 bridgehead atoms. The number of hydrogen-bond acceptors (Lipinski definition) is 7. The predicted octanol–water partition coefficient (Wildman–Crippen LogP) is -2.08. The zero-order valence-corrected chi connectivity index (χ0v) is 20.8. The number of likely N-dealkylation sites (tertiary alicyclic amines) is 1. The summed E-state index contributed by atoms with van der Waals surface area (Å²) >= 11 is 0. The lowest BCUT2D eigenvalue weighted by molar-refractivity contribution is -0.143. The lowest BCUT2D eigenvalue weighted by Crippen LogP contribution is -2.58. The Hall–Kier alpha value is -3.22. The second-order valence-corrected chi connectivity index (χ2v) is 9.26. The lowest BCUT2D eigenvalue weighted by Gasteiger charge is -2.31. The maximum atomic E-state index is 13.4. The number of carbonyl (C=O) groups excluding carboxylic acids is 5. The van der Waals surface area contributed by atoms with Gasteiger partial charge in [-0.15, -0.1) is 0 Å². The molecule has 5 amide bonds. The number of hydrogen-bond donors (Lipinski definition) is 6. The summed E-state index contributed by atoms with van der Waals surface area (Å²) < 4.78 is 0. The SMILES string of the molecule is CC(C)C[C@H](NC(=O)CN)C(=O)N[C@H](C(=O)N1CCC[C@H]1C(=O)NCC(=O)NCC(=O)O)C(C)C. The van der Waals surface area contributed by atoms with Crippen molar-refractivity contribution < 1.29 is 33.9 Å². The van der Waals surface area contributed by atoms with E-state index in [-0.39, 0.29) is 18.4 Å². The normalized spacial score (nSPS) is 17.0. The van der Waals surface area contributed by atoms with Crippen molar-refractivity contribution in [3.05, 3.63) is 0 Å². The van der Waals surface area contributed by atoms with Crippen LogP contribution >= 0.6 is 0 Å². The van der Waals surface area contributed by atoms with Crippen LogP contribution in [0.25, 0.3) is 0 Å². The zero-order valence-electron chi connectivity index (χ0n) is 20.8. The Bertz CT molecular complexity index is 801. The topological polar surface area (TPSA) is 200 Å². The van der Waals surface area contributed by atoms with E-state index in [2.05, 4.69) is 21.3 Å². The number of aliphatic carboxylic acids is 1. The van der Waals surface area contributed by atoms with E-state index in [1.165, 1.54) is 4.90 Å². The summed E-state index contributed by atoms with van der Waals surface area (Å²) in [5.41, 5.74) is 5.36. The summed E-state index contributed by atoms with van der Waals surface area (Å²) in [7, 11) is 0. The first-order valence-electron chi connectivity index (χ1n) is 11.7. The quantitative estimate of drug-likeness (QED) is 0.166. The van der Waals surface area contributed by atoms with Crippen LogP contribution in [0.15, 0.2) is 0 Å². The van der Waals surface area contributed by atoms with Gasteiger partial charge in [-0.1, -0.05) is 27.7 Å². The molecule has 0 aliphatic carbocycles. The average molecular weight is 499 g/mol. The van der Waals surface area contributed by atoms with Gasteiger partial charge in [0.25, 0.3) is 0 Å². The Balaban J connectivity index is 2.87. The fourth-order valence-electron chi connectivity index (χ4n) is 3.73. The molecule has 35 heavy (non-hydrogen) atoms. The van der Waals surface area contributed by atoms with Crippen molar-refractivity contribution in [1.29, 1.82) is 0 Å². The van der Waals surface area contributed by atoms with Crippen molar-refractivity contribution in [3.63, 3.8) is 0 Å². The van der Waals surface area contributed by atoms with Gasteiger partial charge in [-0.25, -0.2) is 0 Å². The van der Waals surface area contributed by atoms with Crippen LogP contribution in [0.2, 0.25) is 0 Å². The summed E-state index contributed by atoms with van der Waals surface area (Å²) in [5, 5.41) is 18.5. The Labute approximate surface area is 204 Å². The van der Waals surface area contributed by atoms with E-state index in [1.54, 1.807) is 13.8 Å². The number of carbonyl (C=O) groups is 6. The van der Waals surface area contributed by atoms with Gasteiger partial charge in [-0.2, -0.15) is 0 Å². The van der Waals surface area contributed by atoms with Gasteiger partial charge >= 0.3 is 5.97 Å². The zero-order chi connectivity index (χ0) is 26.7. The van der Waals surface area contributed by atoms with Crippen LogP contribution < -0.4 is 27.0 Å². The highest BCUT2D eigenvalue weighted by molar-refractivity contribution is 5.95. The predicted molar refractivity (Wildman–Crippen MR) is 126 cm³/mol. The van der Waals surface area contributed by atoms with Crippen molar-refractivity contribution in [2.24, 2.45) is 17.6 Å². The molecule has 3 atom stereocenters. The highest BCUT2D eigenvalue weighted by Gasteiger charge is 2.39. The smallest absolute Gasteiger partial charge is 0.322 e. The Kier molecular flexibility index (Phi) is 12.1. The van der Waals surface area contributed by atoms with E-state index in [0.29, 0.717) is 25.8 Å². The second-order valence-electron chi connectivity index (χ2n) is 9.26. The summed E-state index contributed by atoms with van der Waals surface area (Å²) in [4.78, 5) is 74.3. The number of amides is 5. The molecule has 0 saturated carbocycles. The third-order valence-electron chi connectivity index (χ3n) is 5.47. The Morgan fingerprint density at radius 3 is 2.17 bits per heavy atom. The molecule has 198 valence electrons. The molecule has 0 spiro atoms. The number of nitrogens with two attached hydrogens (primary N) is 1. The van der Waals surface area contributed by atoms with Gasteiger partial charge < -0.3 is 37.0 Å². The number of carboxylic acids is 1. The van der Waals surface area contributed by atoms with Crippen LogP contribution in [0.5, 0.6) is 0 Å². The molecular formula is C22H38N6O7. The van der Waals surface area contributed by atoms with Gasteiger partial charge in [0, 0.05) is 6.54 Å². The largest absolute Gasteiger partial charge is 0.480 e. The number of nitrogens with one attached hydrogen (secondary N) is 4. The maximum Gasteiger partial charge on any atom is 0.322 e. The number of carboxylic acid groups (broad SMARTS) is 1. The Morgan fingerprint density at radius 2 is 1.63 bits per heavy atom. The van der Waals surface area contributed by atoms with Crippen molar-refractivity contribution in [3.8, 4) is 0 Å². The van der Waals surface area contributed by atoms with Crippen LogP contribution in [-0.4, -0.2) is 89.8 Å². The molecule has 1 aliphatic rings. The minimum absolute atomic E-state index is 0.0939. The van der Waals surface area contributed by atoms with Crippen molar-refractivity contribution in [2.75, 3.05) is 26.2 Å². The molecule has 0 radical (unpaired) electrons. The number of nitrogens with zero attached hydrogens (tertiary/aromatic N) is 1. The van der Waals surface area contributed by atoms with Crippen molar-refractivity contribution in [2.45, 2.75) is 65.1 Å². The Morgan fingerprint density at radius 1 is 0.971 bits per heavy atom. The molecule has 13 heteroatoms. The number of rotatable bonds is 13. The van der Waals surface area contributed by atoms with E-state index >= 15 is 0 Å². The monoisotopic (exact) mass is 498 g/mol. The molecule has 0 aromatic heterocycles. The van der Waals surface area contributed by atoms with Crippen LogP contribution in [-0.2, 0) is 28.8 Å². The van der Waals surface area contributed by atoms with E-state index in [9.17, 15) is 28.8 Å². The van der Waals surface area contributed by atoms with Gasteiger partial charge in [0.15, 0.2) is 0 Å². The van der Waals surface area contributed by atoms with E-state index < -0.39 is 66.7 Å². The summed E-state index contributed by atoms with van der Waals surface area (Å²) in [6.45, 7) is 6.36. The molecule has 1 heterocycles. The molecule has 1 saturated heterocycles. The van der Waals surface area contributed by atoms with Crippen LogP contribution in [0.1, 0.15) is 47.0 Å². The molecule has 0 unspecified atom stereocenters. The third kappa shape index (κ3) is 9.89. The van der Waals surface area contributed by atoms with Crippen molar-refractivity contribution >= 4 is 35.5 Å². The third-order valence-corrected chi connectivity index (χ3v) is 5.47. The fraction of sp³-hybridized carbons (Fsp3) is 0.727. The minimum atomic E-state index is -1.21. The molecule has 13 nitrogen and oxygen atoms in total. The maximum absolute atomic E-state index is 13.4. The first kappa shape index (κ1) is 29.8. The van der Waals surface area contributed by atoms with E-state index in [0.717, 1.165) is 0 Å². The lowest BCUT2D eigenvalue weighted by atomic mass is 9.99. The summed E-state index contributed by atoms with van der Waals surface area (Å²) in [5.74, 6) is -4.06. The van der Waals surface area contributed by atoms with Crippen LogP contribution in [0.4, 0.5) is 0 Å². The van der Waals surface area contributed by atoms with Gasteiger partial charge in [0.05, 0.1) is 13.1 Å². The van der Waals surface area contributed by atoms with Crippen LogP contribution in [0.3, 0.4) is 0 Å². The average Bonchev–Trinajstić information content (AvgIpc) is 3.27. The van der Waals surface area contributed by atoms with Crippen LogP contribution in [0, 0.1) is 11.8 Å². The molecule has 1 aliphatic heterocycles. The molecular weight excluding hydrogens is 460 g/mol. The standard InChI is InChI=1S/C22H38N6O7/c1-12(2)8-14(26-16(29)9-23)20(33)27-19(13(3)4)22(35)28-7-5-6-15(28)21(34)25-10-17(30)24-11-18(31)32/h12-15,19H,5-11,23H2,1-4H3,(H,24,30)(H,25,34)(H,26,29)(H,27,33)(H,31,32)/t14-,15-,19-/m0/s1. The first-order valence-corrected chi connectivity index (χ1v) is 11.7. The van der Waals surface area contributed by atoms with Crippen molar-refractivity contribution in [1.82, 2.24) is 26.2 Å². The first-order chi connectivity index (χ1) is 16.4. The highest BCUT2D eigenvalue weighted by Crippen LogP contribution is 2.20. The minimum Gasteiger partial charge on any atom is -0.480 e. The second kappa shape index (κ2) is 14.2. The van der Waals surface area contributed by atoms with Gasteiger partial charge in [-0.05, 0) is 31.1 Å². The van der Waals surface area contributed by atoms with E-state index in [1.807, 2.05) is 13.8 Å². The van der Waals surface area contributed by atoms with Gasteiger partial charge in [0.1, 0.15) is 24.7 Å². The van der Waals surface area contributed by atoms with Gasteiger partial charge in [0.2, 0.25) is 29.5 Å². The fourth-order valence-corrected chi connectivity index (χ4v) is 3.73. The highest BCUT2D eigenvalue weighted by atomic mass is 16.4. The molecule has 1 rings (SSSR count). The van der Waals surface area contributed by atoms with E-state index in [4.69, 9.17) is 10.8 Å². The summed E-state index contributed by atoms with van der Waals surface area (Å²) in [6.07, 6.45) is 1.31. The molecule has 1 fully saturated rings. The molecule has 7 N–H and O–H groups in total. The van der Waals surface area contributed by atoms with Gasteiger partial charge in [-0.3, -0.25) is 28.8 Å².